The van der Waals surface area contributed by atoms with Gasteiger partial charge in [0.15, 0.2) is 5.82 Å². The summed E-state index contributed by atoms with van der Waals surface area (Å²) < 4.78 is 67.1. The lowest BCUT2D eigenvalue weighted by molar-refractivity contribution is -0.0498. The van der Waals surface area contributed by atoms with E-state index >= 15 is 8.78 Å². The van der Waals surface area contributed by atoms with Crippen molar-refractivity contribution in [2.45, 2.75) is 31.8 Å². The van der Waals surface area contributed by atoms with Gasteiger partial charge in [0.2, 0.25) is 0 Å². The molecule has 0 spiro atoms. The number of alkyl halides is 2. The van der Waals surface area contributed by atoms with Crippen LogP contribution in [-0.2, 0) is 7.05 Å². The number of nitrogens with one attached hydrogen (secondary N) is 1. The van der Waals surface area contributed by atoms with Gasteiger partial charge in [0, 0.05) is 36.4 Å². The van der Waals surface area contributed by atoms with Crippen LogP contribution in [0.1, 0.15) is 46.8 Å². The number of nitriles is 1. The molecule has 2 heterocycles. The van der Waals surface area contributed by atoms with Gasteiger partial charge in [-0.05, 0) is 49.2 Å². The molecule has 1 N–H and O–H groups in total. The van der Waals surface area contributed by atoms with Crippen molar-refractivity contribution in [3.05, 3.63) is 87.3 Å². The molecule has 42 heavy (non-hydrogen) atoms. The normalized spacial score (nSPS) is 13.0. The number of halogens is 4. The summed E-state index contributed by atoms with van der Waals surface area (Å²) in [7, 11) is 2.57. The van der Waals surface area contributed by atoms with Crippen LogP contribution >= 0.6 is 0 Å². The molecule has 13 heteroatoms. The summed E-state index contributed by atoms with van der Waals surface area (Å²) in [5, 5.41) is 12.2. The zero-order valence-corrected chi connectivity index (χ0v) is 22.3. The van der Waals surface area contributed by atoms with Crippen molar-refractivity contribution < 1.29 is 31.8 Å². The van der Waals surface area contributed by atoms with Crippen LogP contribution in [0.25, 0.3) is 17.1 Å². The first-order chi connectivity index (χ1) is 20.1. The van der Waals surface area contributed by atoms with Crippen LogP contribution in [0, 0.1) is 23.0 Å². The fraction of sp³-hybridized carbons (Fsp3) is 0.241. The molecule has 0 saturated heterocycles. The zero-order chi connectivity index (χ0) is 30.1. The van der Waals surface area contributed by atoms with E-state index in [1.807, 2.05) is 6.07 Å². The molecule has 9 nitrogen and oxygen atoms in total. The highest BCUT2D eigenvalue weighted by Gasteiger charge is 2.30. The van der Waals surface area contributed by atoms with Crippen molar-refractivity contribution in [3.63, 3.8) is 0 Å². The molecule has 1 amide bonds. The fourth-order valence-corrected chi connectivity index (χ4v) is 4.75. The lowest BCUT2D eigenvalue weighted by Gasteiger charge is -2.25. The van der Waals surface area contributed by atoms with Gasteiger partial charge in [-0.3, -0.25) is 14.3 Å². The Balaban J connectivity index is 1.69. The molecule has 1 aliphatic rings. The Morgan fingerprint density at radius 1 is 1.10 bits per heavy atom. The predicted molar refractivity (Wildman–Crippen MR) is 143 cm³/mol. The van der Waals surface area contributed by atoms with Crippen LogP contribution in [-0.4, -0.2) is 34.0 Å². The van der Waals surface area contributed by atoms with Crippen LogP contribution in [0.4, 0.5) is 23.2 Å². The first kappa shape index (κ1) is 28.4. The zero-order valence-electron chi connectivity index (χ0n) is 22.3. The second kappa shape index (κ2) is 11.4. The lowest BCUT2D eigenvalue weighted by Crippen LogP contribution is -2.25. The van der Waals surface area contributed by atoms with Gasteiger partial charge in [0.1, 0.15) is 40.6 Å². The van der Waals surface area contributed by atoms with E-state index in [1.54, 1.807) is 6.07 Å². The molecule has 2 aromatic carbocycles. The largest absolute Gasteiger partial charge is 0.497 e. The van der Waals surface area contributed by atoms with E-state index in [0.29, 0.717) is 5.69 Å². The SMILES string of the molecule is COc1cc(F)c(-c2c(NC(=O)c3ccc(OC(F)F)cc3)c(=O)n(-c3nc(C4CCC4)ccc3C#N)n2C)c(F)c1. The second-order valence-corrected chi connectivity index (χ2v) is 9.53. The summed E-state index contributed by atoms with van der Waals surface area (Å²) in [6.07, 6.45) is 2.78. The molecule has 0 bridgehead atoms. The maximum Gasteiger partial charge on any atom is 0.387 e. The van der Waals surface area contributed by atoms with Crippen molar-refractivity contribution in [1.82, 2.24) is 14.3 Å². The van der Waals surface area contributed by atoms with Crippen LogP contribution in [0.5, 0.6) is 11.5 Å². The molecule has 216 valence electrons. The van der Waals surface area contributed by atoms with E-state index in [-0.39, 0.29) is 40.1 Å². The molecule has 5 rings (SSSR count). The van der Waals surface area contributed by atoms with Crippen molar-refractivity contribution in [2.24, 2.45) is 7.05 Å². The third-order valence-corrected chi connectivity index (χ3v) is 7.08. The molecule has 0 unspecified atom stereocenters. The molecule has 4 aromatic rings. The molecule has 0 atom stereocenters. The topological polar surface area (TPSA) is 111 Å². The maximum atomic E-state index is 15.4. The van der Waals surface area contributed by atoms with Gasteiger partial charge in [0.05, 0.1) is 18.2 Å². The molecule has 0 radical (unpaired) electrons. The standard InChI is InChI=1S/C29H23F4N5O4/c1-37-25(23-20(30)12-19(41-2)13-21(23)31)24(36-27(39)16-6-9-18(10-7-16)42-29(32)33)28(40)38(37)26-17(14-34)8-11-22(35-26)15-4-3-5-15/h6-13,15,29H,3-5H2,1-2H3,(H,36,39). The highest BCUT2D eigenvalue weighted by molar-refractivity contribution is 6.06. The molecule has 1 aliphatic carbocycles. The number of benzene rings is 2. The molecular formula is C29H23F4N5O4. The Hall–Kier alpha value is -5.12. The second-order valence-electron chi connectivity index (χ2n) is 9.53. The van der Waals surface area contributed by atoms with E-state index in [4.69, 9.17) is 4.74 Å². The minimum atomic E-state index is -3.07. The minimum Gasteiger partial charge on any atom is -0.497 e. The molecule has 0 aliphatic heterocycles. The highest BCUT2D eigenvalue weighted by Crippen LogP contribution is 2.37. The van der Waals surface area contributed by atoms with Crippen molar-refractivity contribution in [1.29, 1.82) is 5.26 Å². The Bertz CT molecular complexity index is 1750. The van der Waals surface area contributed by atoms with Crippen LogP contribution in [0.15, 0.2) is 53.3 Å². The van der Waals surface area contributed by atoms with Gasteiger partial charge in [0.25, 0.3) is 11.5 Å². The number of carbonyl (C=O) groups excluding carboxylic acids is 1. The Kier molecular flexibility index (Phi) is 7.71. The summed E-state index contributed by atoms with van der Waals surface area (Å²) in [5.74, 6) is -3.29. The Morgan fingerprint density at radius 2 is 1.76 bits per heavy atom. The fourth-order valence-electron chi connectivity index (χ4n) is 4.75. The quantitative estimate of drug-likeness (QED) is 0.275. The average Bonchev–Trinajstić information content (AvgIpc) is 3.15. The number of nitrogens with zero attached hydrogens (tertiary/aromatic N) is 4. The number of hydrogen-bond donors (Lipinski definition) is 1. The van der Waals surface area contributed by atoms with E-state index in [9.17, 15) is 23.6 Å². The molecule has 1 saturated carbocycles. The average molecular weight is 582 g/mol. The summed E-state index contributed by atoms with van der Waals surface area (Å²) >= 11 is 0. The van der Waals surface area contributed by atoms with Crippen molar-refractivity contribution in [2.75, 3.05) is 12.4 Å². The van der Waals surface area contributed by atoms with Gasteiger partial charge in [-0.25, -0.2) is 13.8 Å². The first-order valence-corrected chi connectivity index (χ1v) is 12.8. The number of aromatic nitrogens is 3. The third-order valence-electron chi connectivity index (χ3n) is 7.08. The van der Waals surface area contributed by atoms with Crippen molar-refractivity contribution in [3.8, 4) is 34.6 Å². The first-order valence-electron chi connectivity index (χ1n) is 12.8. The lowest BCUT2D eigenvalue weighted by atomic mass is 9.82. The van der Waals surface area contributed by atoms with E-state index in [1.165, 1.54) is 32.4 Å². The monoisotopic (exact) mass is 581 g/mol. The van der Waals surface area contributed by atoms with Gasteiger partial charge >= 0.3 is 6.61 Å². The molecule has 2 aromatic heterocycles. The van der Waals surface area contributed by atoms with Crippen LogP contribution < -0.4 is 20.3 Å². The number of ether oxygens (including phenoxy) is 2. The number of methoxy groups -OCH3 is 1. The predicted octanol–water partition coefficient (Wildman–Crippen LogP) is 5.52. The third kappa shape index (κ3) is 5.18. The number of hydrogen-bond acceptors (Lipinski definition) is 6. The van der Waals surface area contributed by atoms with E-state index < -0.39 is 41.0 Å². The highest BCUT2D eigenvalue weighted by atomic mass is 19.3. The Labute approximate surface area is 236 Å². The van der Waals surface area contributed by atoms with Gasteiger partial charge in [-0.15, -0.1) is 0 Å². The smallest absolute Gasteiger partial charge is 0.387 e. The maximum absolute atomic E-state index is 15.4. The number of pyridine rings is 1. The number of rotatable bonds is 8. The number of anilines is 1. The number of amides is 1. The van der Waals surface area contributed by atoms with E-state index in [2.05, 4.69) is 15.0 Å². The van der Waals surface area contributed by atoms with Gasteiger partial charge in [-0.1, -0.05) is 6.42 Å². The summed E-state index contributed by atoms with van der Waals surface area (Å²) in [4.78, 5) is 31.7. The van der Waals surface area contributed by atoms with E-state index in [0.717, 1.165) is 52.9 Å². The summed E-state index contributed by atoms with van der Waals surface area (Å²) in [6, 6.07) is 11.7. The summed E-state index contributed by atoms with van der Waals surface area (Å²) in [5.41, 5.74) is -1.78. The minimum absolute atomic E-state index is 0.0236. The Morgan fingerprint density at radius 3 is 2.31 bits per heavy atom. The summed E-state index contributed by atoms with van der Waals surface area (Å²) in [6.45, 7) is -3.07. The molecular weight excluding hydrogens is 558 g/mol. The van der Waals surface area contributed by atoms with Crippen molar-refractivity contribution >= 4 is 11.6 Å². The van der Waals surface area contributed by atoms with Gasteiger partial charge < -0.3 is 14.8 Å². The van der Waals surface area contributed by atoms with Gasteiger partial charge in [-0.2, -0.15) is 18.7 Å². The number of carbonyl (C=O) groups is 1. The van der Waals surface area contributed by atoms with Crippen LogP contribution in [0.3, 0.4) is 0 Å². The van der Waals surface area contributed by atoms with Crippen LogP contribution in [0.2, 0.25) is 0 Å². The molecule has 1 fully saturated rings.